The number of thiazole rings is 2. The van der Waals surface area contributed by atoms with Crippen molar-refractivity contribution >= 4 is 43.1 Å². The fourth-order valence-corrected chi connectivity index (χ4v) is 6.96. The third-order valence-electron chi connectivity index (χ3n) is 6.96. The third-order valence-corrected chi connectivity index (χ3v) is 9.01. The zero-order chi connectivity index (χ0) is 27.5. The number of fused-ring (bicyclic) bond motifs is 2. The van der Waals surface area contributed by atoms with Gasteiger partial charge in [0.05, 0.1) is 31.6 Å². The molecule has 0 atom stereocenters. The van der Waals surface area contributed by atoms with E-state index in [0.717, 1.165) is 20.4 Å². The summed E-state index contributed by atoms with van der Waals surface area (Å²) < 4.78 is 18.7. The van der Waals surface area contributed by atoms with Crippen LogP contribution < -0.4 is 11.1 Å². The molecule has 0 radical (unpaired) electrons. The maximum atomic E-state index is 14.0. The SMILES string of the molecule is Cc1[nH]n(-c2nc3ccccc3s2)c(=O)c1C(c1ccc(F)cc1)c1c(C)[nH]n(-c2nc3ccccc3s2)c1=O. The molecule has 0 saturated carbocycles. The normalized spacial score (nSPS) is 11.8. The molecule has 0 aliphatic rings. The summed E-state index contributed by atoms with van der Waals surface area (Å²) in [6.45, 7) is 3.59. The Labute approximate surface area is 234 Å². The van der Waals surface area contributed by atoms with Gasteiger partial charge in [0, 0.05) is 17.3 Å². The number of aromatic amines is 2. The van der Waals surface area contributed by atoms with Crippen molar-refractivity contribution in [2.75, 3.05) is 0 Å². The van der Waals surface area contributed by atoms with Gasteiger partial charge in [0.15, 0.2) is 0 Å². The number of rotatable bonds is 5. The fraction of sp³-hybridized carbons (Fsp3) is 0.103. The molecule has 0 bridgehead atoms. The zero-order valence-corrected chi connectivity index (χ0v) is 22.9. The lowest BCUT2D eigenvalue weighted by molar-refractivity contribution is 0.626. The highest BCUT2D eigenvalue weighted by Gasteiger charge is 2.31. The number of para-hydroxylation sites is 2. The quantitative estimate of drug-likeness (QED) is 0.274. The number of aromatic nitrogens is 6. The highest BCUT2D eigenvalue weighted by Crippen LogP contribution is 2.33. The molecule has 7 aromatic rings. The van der Waals surface area contributed by atoms with Crippen molar-refractivity contribution in [2.24, 2.45) is 0 Å². The molecule has 0 aliphatic carbocycles. The van der Waals surface area contributed by atoms with Gasteiger partial charge < -0.3 is 0 Å². The lowest BCUT2D eigenvalue weighted by Crippen LogP contribution is -2.25. The van der Waals surface area contributed by atoms with Gasteiger partial charge in [-0.3, -0.25) is 19.8 Å². The van der Waals surface area contributed by atoms with Crippen LogP contribution in [-0.2, 0) is 0 Å². The maximum Gasteiger partial charge on any atom is 0.277 e. The molecule has 40 heavy (non-hydrogen) atoms. The van der Waals surface area contributed by atoms with Crippen LogP contribution in [0.25, 0.3) is 30.7 Å². The molecule has 0 amide bonds. The summed E-state index contributed by atoms with van der Waals surface area (Å²) in [6.07, 6.45) is 0. The van der Waals surface area contributed by atoms with E-state index in [1.807, 2.05) is 48.5 Å². The third kappa shape index (κ3) is 3.85. The Bertz CT molecular complexity index is 1960. The fourth-order valence-electron chi connectivity index (χ4n) is 5.11. The van der Waals surface area contributed by atoms with Crippen LogP contribution in [0.4, 0.5) is 4.39 Å². The van der Waals surface area contributed by atoms with E-state index >= 15 is 0 Å². The van der Waals surface area contributed by atoms with Crippen molar-refractivity contribution in [1.82, 2.24) is 29.5 Å². The molecule has 2 N–H and O–H groups in total. The first kappa shape index (κ1) is 24.4. The molecule has 4 aromatic heterocycles. The van der Waals surface area contributed by atoms with Crippen LogP contribution in [0.2, 0.25) is 0 Å². The van der Waals surface area contributed by atoms with Crippen molar-refractivity contribution in [3.05, 3.63) is 127 Å². The van der Waals surface area contributed by atoms with Crippen LogP contribution in [-0.4, -0.2) is 29.5 Å². The highest BCUT2D eigenvalue weighted by atomic mass is 32.1. The van der Waals surface area contributed by atoms with Crippen molar-refractivity contribution in [3.8, 4) is 10.3 Å². The van der Waals surface area contributed by atoms with E-state index in [2.05, 4.69) is 20.2 Å². The molecular formula is C29H21FN6O2S2. The molecule has 7 rings (SSSR count). The second-order valence-electron chi connectivity index (χ2n) is 9.49. The predicted molar refractivity (Wildman–Crippen MR) is 156 cm³/mol. The van der Waals surface area contributed by atoms with Crippen LogP contribution in [0.3, 0.4) is 0 Å². The highest BCUT2D eigenvalue weighted by molar-refractivity contribution is 7.21. The second kappa shape index (κ2) is 9.25. The van der Waals surface area contributed by atoms with Crippen molar-refractivity contribution in [2.45, 2.75) is 19.8 Å². The van der Waals surface area contributed by atoms with Crippen molar-refractivity contribution < 1.29 is 4.39 Å². The first-order valence-corrected chi connectivity index (χ1v) is 14.1. The van der Waals surface area contributed by atoms with Crippen LogP contribution >= 0.6 is 22.7 Å². The average molecular weight is 569 g/mol. The topological polar surface area (TPSA) is 101 Å². The molecule has 4 heterocycles. The Kier molecular flexibility index (Phi) is 5.65. The summed E-state index contributed by atoms with van der Waals surface area (Å²) in [4.78, 5) is 37.3. The Morgan fingerprint density at radius 1 is 0.700 bits per heavy atom. The van der Waals surface area contributed by atoms with E-state index in [1.54, 1.807) is 26.0 Å². The molecule has 0 saturated heterocycles. The molecule has 0 aliphatic heterocycles. The van der Waals surface area contributed by atoms with Gasteiger partial charge in [-0.2, -0.15) is 9.36 Å². The minimum absolute atomic E-state index is 0.322. The molecule has 0 fully saturated rings. The number of benzene rings is 3. The summed E-state index contributed by atoms with van der Waals surface area (Å²) in [5, 5.41) is 7.32. The Morgan fingerprint density at radius 2 is 1.15 bits per heavy atom. The minimum atomic E-state index is -0.764. The monoisotopic (exact) mass is 568 g/mol. The second-order valence-corrected chi connectivity index (χ2v) is 11.5. The molecule has 198 valence electrons. The van der Waals surface area contributed by atoms with Crippen LogP contribution in [0.1, 0.15) is 34.0 Å². The van der Waals surface area contributed by atoms with Gasteiger partial charge in [0.25, 0.3) is 11.1 Å². The van der Waals surface area contributed by atoms with Crippen LogP contribution in [0.5, 0.6) is 0 Å². The van der Waals surface area contributed by atoms with Gasteiger partial charge in [-0.05, 0) is 55.8 Å². The van der Waals surface area contributed by atoms with E-state index < -0.39 is 11.7 Å². The molecular weight excluding hydrogens is 547 g/mol. The number of nitrogens with one attached hydrogen (secondary N) is 2. The molecule has 3 aromatic carbocycles. The molecule has 0 unspecified atom stereocenters. The maximum absolute atomic E-state index is 14.0. The Hall–Kier alpha value is -4.61. The number of halogens is 1. The summed E-state index contributed by atoms with van der Waals surface area (Å²) >= 11 is 2.79. The number of hydrogen-bond donors (Lipinski definition) is 2. The van der Waals surface area contributed by atoms with E-state index in [9.17, 15) is 14.0 Å². The molecule has 8 nitrogen and oxygen atoms in total. The zero-order valence-electron chi connectivity index (χ0n) is 21.3. The van der Waals surface area contributed by atoms with Crippen LogP contribution in [0.15, 0.2) is 82.4 Å². The predicted octanol–water partition coefficient (Wildman–Crippen LogP) is 5.80. The standard InChI is InChI=1S/C29H21FN6O2S2/c1-15-23(26(37)35(33-15)28-31-19-7-3-5-9-21(19)39-28)25(17-11-13-18(30)14-12-17)24-16(2)34-36(27(24)38)29-32-20-8-4-6-10-22(20)40-29/h3-14,25,33-34H,1-2H3. The largest absolute Gasteiger partial charge is 0.293 e. The minimum Gasteiger partial charge on any atom is -0.293 e. The van der Waals surface area contributed by atoms with Gasteiger partial charge in [-0.25, -0.2) is 14.4 Å². The lowest BCUT2D eigenvalue weighted by atomic mass is 9.85. The molecule has 11 heteroatoms. The first-order chi connectivity index (χ1) is 19.4. The van der Waals surface area contributed by atoms with E-state index in [-0.39, 0.29) is 11.1 Å². The van der Waals surface area contributed by atoms with Gasteiger partial charge in [0.2, 0.25) is 10.3 Å². The van der Waals surface area contributed by atoms with Crippen molar-refractivity contribution in [1.29, 1.82) is 0 Å². The number of hydrogen-bond acceptors (Lipinski definition) is 6. The van der Waals surface area contributed by atoms with Crippen molar-refractivity contribution in [3.63, 3.8) is 0 Å². The van der Waals surface area contributed by atoms with E-state index in [4.69, 9.17) is 0 Å². The lowest BCUT2D eigenvalue weighted by Gasteiger charge is -2.15. The van der Waals surface area contributed by atoms with Gasteiger partial charge in [-0.1, -0.05) is 59.1 Å². The number of aryl methyl sites for hydroxylation is 2. The van der Waals surface area contributed by atoms with Gasteiger partial charge in [0.1, 0.15) is 5.82 Å². The van der Waals surface area contributed by atoms with E-state index in [1.165, 1.54) is 44.2 Å². The summed E-state index contributed by atoms with van der Waals surface area (Å²) in [6, 6.07) is 21.2. The summed E-state index contributed by atoms with van der Waals surface area (Å²) in [5.74, 6) is -1.17. The number of nitrogens with zero attached hydrogens (tertiary/aromatic N) is 4. The van der Waals surface area contributed by atoms with Crippen LogP contribution in [0, 0.1) is 19.7 Å². The Balaban J connectivity index is 1.44. The van der Waals surface area contributed by atoms with Gasteiger partial charge in [-0.15, -0.1) is 0 Å². The average Bonchev–Trinajstić information content (AvgIpc) is 3.70. The Morgan fingerprint density at radius 3 is 1.60 bits per heavy atom. The summed E-state index contributed by atoms with van der Waals surface area (Å²) in [5.41, 5.74) is 3.51. The first-order valence-electron chi connectivity index (χ1n) is 12.5. The smallest absolute Gasteiger partial charge is 0.277 e. The summed E-state index contributed by atoms with van der Waals surface area (Å²) in [7, 11) is 0. The van der Waals surface area contributed by atoms with E-state index in [0.29, 0.717) is 38.3 Å². The van der Waals surface area contributed by atoms with Gasteiger partial charge >= 0.3 is 0 Å². The number of H-pyrrole nitrogens is 2. The molecule has 0 spiro atoms.